The number of anilines is 1. The van der Waals surface area contributed by atoms with Crippen molar-refractivity contribution in [2.45, 2.75) is 133 Å². The maximum atomic E-state index is 14.1. The third-order valence-corrected chi connectivity index (χ3v) is 13.5. The number of hydrogen-bond acceptors (Lipinski definition) is 8. The van der Waals surface area contributed by atoms with Gasteiger partial charge in [-0.3, -0.25) is 14.5 Å². The van der Waals surface area contributed by atoms with E-state index in [4.69, 9.17) is 9.47 Å². The first kappa shape index (κ1) is 43.7. The average Bonchev–Trinajstić information content (AvgIpc) is 3.23. The van der Waals surface area contributed by atoms with Gasteiger partial charge in [-0.05, 0) is 107 Å². The highest BCUT2D eigenvalue weighted by atomic mass is 32.2. The molecule has 7 rings (SSSR count). The van der Waals surface area contributed by atoms with Crippen LogP contribution < -0.4 is 15.4 Å². The standard InChI is InChI=1S/C48H60N4O7S/c1-32-17-24-40(25-18-32)60(56,57)51-41(27-33-11-6-5-7-12-33)45(54)49-38-15-10-14-37(28-38)47-58-39(29-44(59-47)36-21-19-34(31-53)20-22-36)30-52-42-16-9-8-13-35(42)23-26-43(52)46(55)50-48(2,3)4/h5-7,10-12,14-15,17-22,24-25,28,35,39,41-44,47,51,53H,8-9,13,16,23,26-27,29-31H2,1-4H3,(H,49,54)(H,50,55). The van der Waals surface area contributed by atoms with Crippen LogP contribution >= 0.6 is 0 Å². The monoisotopic (exact) mass is 836 g/mol. The SMILES string of the molecule is Cc1ccc(S(=O)(=O)NC(Cc2ccccc2)C(=O)Nc2cccc(C3OC(CN4C(C(=O)NC(C)(C)C)CCC5CCCCC54)CC(c4ccc(CO)cc4)O3)c2)cc1. The number of nitrogens with zero attached hydrogens (tertiary/aromatic N) is 1. The number of benzene rings is 4. The molecular weight excluding hydrogens is 777 g/mol. The topological polar surface area (TPSA) is 146 Å². The lowest BCUT2D eigenvalue weighted by Crippen LogP contribution is -2.61. The van der Waals surface area contributed by atoms with Crippen molar-refractivity contribution in [2.24, 2.45) is 5.92 Å². The van der Waals surface area contributed by atoms with Crippen molar-refractivity contribution in [2.75, 3.05) is 11.9 Å². The van der Waals surface area contributed by atoms with Crippen LogP contribution in [0.25, 0.3) is 0 Å². The lowest BCUT2D eigenvalue weighted by atomic mass is 9.75. The van der Waals surface area contributed by atoms with E-state index in [1.165, 1.54) is 25.0 Å². The molecule has 2 heterocycles. The Morgan fingerprint density at radius 2 is 1.57 bits per heavy atom. The predicted molar refractivity (Wildman–Crippen MR) is 232 cm³/mol. The normalized spacial score (nSPS) is 24.2. The number of sulfonamides is 1. The Balaban J connectivity index is 1.15. The number of nitrogens with one attached hydrogen (secondary N) is 3. The van der Waals surface area contributed by atoms with Gasteiger partial charge < -0.3 is 25.2 Å². The number of aryl methyl sites for hydroxylation is 1. The molecular formula is C48H60N4O7S. The molecule has 7 atom stereocenters. The number of piperidine rings is 1. The summed E-state index contributed by atoms with van der Waals surface area (Å²) in [7, 11) is -4.03. The molecule has 0 aromatic heterocycles. The molecule has 320 valence electrons. The van der Waals surface area contributed by atoms with Crippen LogP contribution in [0.2, 0.25) is 0 Å². The van der Waals surface area contributed by atoms with Crippen LogP contribution in [0.5, 0.6) is 0 Å². The smallest absolute Gasteiger partial charge is 0.242 e. The minimum absolute atomic E-state index is 0.0569. The molecule has 11 nitrogen and oxygen atoms in total. The summed E-state index contributed by atoms with van der Waals surface area (Å²) >= 11 is 0. The number of carbonyl (C=O) groups excluding carboxylic acids is 2. The zero-order valence-electron chi connectivity index (χ0n) is 35.2. The van der Waals surface area contributed by atoms with Crippen LogP contribution in [0.3, 0.4) is 0 Å². The maximum Gasteiger partial charge on any atom is 0.242 e. The molecule has 7 unspecified atom stereocenters. The van der Waals surface area contributed by atoms with E-state index in [9.17, 15) is 23.1 Å². The van der Waals surface area contributed by atoms with Gasteiger partial charge in [0.2, 0.25) is 21.8 Å². The molecule has 2 saturated heterocycles. The lowest BCUT2D eigenvalue weighted by Gasteiger charge is -2.50. The van der Waals surface area contributed by atoms with Crippen LogP contribution in [0.15, 0.2) is 108 Å². The van der Waals surface area contributed by atoms with Gasteiger partial charge in [0, 0.05) is 35.8 Å². The largest absolute Gasteiger partial charge is 0.392 e. The molecule has 0 radical (unpaired) electrons. The number of ether oxygens (including phenoxy) is 2. The number of amides is 2. The Kier molecular flexibility index (Phi) is 13.9. The van der Waals surface area contributed by atoms with Gasteiger partial charge in [-0.1, -0.05) is 97.3 Å². The molecule has 4 aromatic rings. The quantitative estimate of drug-likeness (QED) is 0.108. The predicted octanol–water partition coefficient (Wildman–Crippen LogP) is 7.50. The first-order chi connectivity index (χ1) is 28.7. The zero-order valence-corrected chi connectivity index (χ0v) is 36.0. The average molecular weight is 837 g/mol. The van der Waals surface area contributed by atoms with Gasteiger partial charge in [-0.15, -0.1) is 0 Å². The summed E-state index contributed by atoms with van der Waals surface area (Å²) in [6.07, 6.45) is 5.68. The van der Waals surface area contributed by atoms with E-state index in [1.807, 2.05) is 100 Å². The van der Waals surface area contributed by atoms with Gasteiger partial charge in [0.15, 0.2) is 6.29 Å². The Morgan fingerprint density at radius 1 is 0.833 bits per heavy atom. The van der Waals surface area contributed by atoms with Gasteiger partial charge >= 0.3 is 0 Å². The first-order valence-corrected chi connectivity index (χ1v) is 22.8. The fourth-order valence-corrected chi connectivity index (χ4v) is 10.2. The number of rotatable bonds is 13. The Morgan fingerprint density at radius 3 is 2.28 bits per heavy atom. The van der Waals surface area contributed by atoms with Crippen molar-refractivity contribution in [3.63, 3.8) is 0 Å². The van der Waals surface area contributed by atoms with E-state index < -0.39 is 28.3 Å². The summed E-state index contributed by atoms with van der Waals surface area (Å²) in [5.74, 6) is 0.0901. The third kappa shape index (κ3) is 11.1. The van der Waals surface area contributed by atoms with Crippen LogP contribution in [0.4, 0.5) is 5.69 Å². The Hall–Kier alpha value is -4.43. The second kappa shape index (κ2) is 19.1. The number of carbonyl (C=O) groups is 2. The van der Waals surface area contributed by atoms with Gasteiger partial charge in [0.05, 0.1) is 29.8 Å². The van der Waals surface area contributed by atoms with Crippen molar-refractivity contribution >= 4 is 27.5 Å². The number of aliphatic hydroxyl groups excluding tert-OH is 1. The molecule has 2 aliphatic heterocycles. The van der Waals surface area contributed by atoms with E-state index in [2.05, 4.69) is 20.3 Å². The van der Waals surface area contributed by atoms with E-state index >= 15 is 0 Å². The summed E-state index contributed by atoms with van der Waals surface area (Å²) < 4.78 is 43.3. The van der Waals surface area contributed by atoms with Crippen molar-refractivity contribution < 1.29 is 32.6 Å². The minimum atomic E-state index is -4.03. The second-order valence-electron chi connectivity index (χ2n) is 17.8. The van der Waals surface area contributed by atoms with Crippen LogP contribution in [-0.2, 0) is 42.1 Å². The summed E-state index contributed by atoms with van der Waals surface area (Å²) in [6, 6.07) is 29.8. The van der Waals surface area contributed by atoms with Crippen LogP contribution in [0, 0.1) is 12.8 Å². The molecule has 0 bridgehead atoms. The molecule has 4 aromatic carbocycles. The van der Waals surface area contributed by atoms with E-state index in [0.29, 0.717) is 36.2 Å². The summed E-state index contributed by atoms with van der Waals surface area (Å²) in [5.41, 5.74) is 4.28. The van der Waals surface area contributed by atoms with Gasteiger partial charge in [0.25, 0.3) is 0 Å². The maximum absolute atomic E-state index is 14.1. The van der Waals surface area contributed by atoms with Crippen molar-refractivity contribution in [1.82, 2.24) is 14.9 Å². The molecule has 2 amide bonds. The van der Waals surface area contributed by atoms with Crippen LogP contribution in [0.1, 0.15) is 106 Å². The highest BCUT2D eigenvalue weighted by Gasteiger charge is 2.44. The lowest BCUT2D eigenvalue weighted by molar-refractivity contribution is -0.255. The molecule has 12 heteroatoms. The Bertz CT molecular complexity index is 2180. The molecule has 1 aliphatic carbocycles. The van der Waals surface area contributed by atoms with E-state index in [1.54, 1.807) is 18.2 Å². The van der Waals surface area contributed by atoms with Crippen molar-refractivity contribution in [3.05, 3.63) is 131 Å². The minimum Gasteiger partial charge on any atom is -0.392 e. The molecule has 1 saturated carbocycles. The van der Waals surface area contributed by atoms with E-state index in [0.717, 1.165) is 47.9 Å². The first-order valence-electron chi connectivity index (χ1n) is 21.4. The zero-order chi connectivity index (χ0) is 42.4. The molecule has 4 N–H and O–H groups in total. The number of fused-ring (bicyclic) bond motifs is 1. The summed E-state index contributed by atoms with van der Waals surface area (Å²) in [6.45, 7) is 8.44. The fourth-order valence-electron chi connectivity index (χ4n) is 9.00. The number of aliphatic hydroxyl groups is 1. The molecule has 3 aliphatic rings. The Labute approximate surface area is 355 Å². The van der Waals surface area contributed by atoms with Gasteiger partial charge in [0.1, 0.15) is 6.04 Å². The van der Waals surface area contributed by atoms with E-state index in [-0.39, 0.29) is 47.6 Å². The number of hydrogen-bond donors (Lipinski definition) is 4. The van der Waals surface area contributed by atoms with Crippen LogP contribution in [-0.4, -0.2) is 66.6 Å². The number of likely N-dealkylation sites (tertiary alicyclic amines) is 1. The molecule has 3 fully saturated rings. The summed E-state index contributed by atoms with van der Waals surface area (Å²) in [5, 5.41) is 16.0. The van der Waals surface area contributed by atoms with Gasteiger partial charge in [-0.25, -0.2) is 8.42 Å². The molecule has 0 spiro atoms. The third-order valence-electron chi connectivity index (χ3n) is 12.0. The second-order valence-corrected chi connectivity index (χ2v) is 19.5. The van der Waals surface area contributed by atoms with Crippen molar-refractivity contribution in [3.8, 4) is 0 Å². The highest BCUT2D eigenvalue weighted by molar-refractivity contribution is 7.89. The fraction of sp³-hybridized carbons (Fsp3) is 0.458. The highest BCUT2D eigenvalue weighted by Crippen LogP contribution is 2.42. The van der Waals surface area contributed by atoms with Gasteiger partial charge in [-0.2, -0.15) is 4.72 Å². The molecule has 60 heavy (non-hydrogen) atoms. The summed E-state index contributed by atoms with van der Waals surface area (Å²) in [4.78, 5) is 30.5. The van der Waals surface area contributed by atoms with Crippen molar-refractivity contribution in [1.29, 1.82) is 0 Å².